The van der Waals surface area contributed by atoms with Crippen LogP contribution in [0.15, 0.2) is 0 Å². The van der Waals surface area contributed by atoms with E-state index >= 15 is 0 Å². The van der Waals surface area contributed by atoms with Gasteiger partial charge >= 0.3 is 0 Å². The van der Waals surface area contributed by atoms with Crippen molar-refractivity contribution in [1.82, 2.24) is 9.21 Å². The van der Waals surface area contributed by atoms with Crippen LogP contribution in [-0.4, -0.2) is 79.5 Å². The minimum absolute atomic E-state index is 0.403. The molecule has 7 heteroatoms. The Hall–Kier alpha value is -0.210. The molecule has 0 aromatic heterocycles. The summed E-state index contributed by atoms with van der Waals surface area (Å²) in [5.41, 5.74) is -0.561. The molecule has 3 aliphatic heterocycles. The molecule has 0 unspecified atom stereocenters. The molecule has 0 aromatic carbocycles. The zero-order chi connectivity index (χ0) is 13.7. The summed E-state index contributed by atoms with van der Waals surface area (Å²) in [5, 5.41) is 10.5. The van der Waals surface area contributed by atoms with Crippen molar-refractivity contribution in [2.75, 3.05) is 39.1 Å². The van der Waals surface area contributed by atoms with Gasteiger partial charge in [0.2, 0.25) is 10.0 Å². The lowest BCUT2D eigenvalue weighted by atomic mass is 9.83. The lowest BCUT2D eigenvalue weighted by Crippen LogP contribution is -2.65. The Morgan fingerprint density at radius 3 is 2.53 bits per heavy atom. The molecule has 0 radical (unpaired) electrons. The summed E-state index contributed by atoms with van der Waals surface area (Å²) in [7, 11) is -3.24. The molecule has 3 saturated heterocycles. The standard InChI is InChI=1S/C12H22N2O4S/c1-19(16,17)14-5-2-3-12(14)4-6-13(7-11(12)15)10-8-18-9-10/h10-11,15H,2-9H2,1H3/t11-,12-/m0/s1. The topological polar surface area (TPSA) is 70.1 Å². The van der Waals surface area contributed by atoms with Crippen molar-refractivity contribution in [3.8, 4) is 0 Å². The van der Waals surface area contributed by atoms with Crippen molar-refractivity contribution in [2.45, 2.75) is 36.9 Å². The average Bonchev–Trinajstić information content (AvgIpc) is 2.66. The predicted molar refractivity (Wildman–Crippen MR) is 70.3 cm³/mol. The van der Waals surface area contributed by atoms with Gasteiger partial charge in [-0.3, -0.25) is 4.90 Å². The molecule has 3 rings (SSSR count). The van der Waals surface area contributed by atoms with Gasteiger partial charge in [-0.1, -0.05) is 0 Å². The molecule has 3 fully saturated rings. The van der Waals surface area contributed by atoms with Crippen LogP contribution in [0.5, 0.6) is 0 Å². The van der Waals surface area contributed by atoms with E-state index in [4.69, 9.17) is 4.74 Å². The number of aliphatic hydroxyl groups is 1. The van der Waals surface area contributed by atoms with E-state index in [0.717, 1.165) is 39.0 Å². The second-order valence-corrected chi connectivity index (χ2v) is 7.90. The summed E-state index contributed by atoms with van der Waals surface area (Å²) < 4.78 is 30.6. The van der Waals surface area contributed by atoms with E-state index in [9.17, 15) is 13.5 Å². The fraction of sp³-hybridized carbons (Fsp3) is 1.00. The summed E-state index contributed by atoms with van der Waals surface area (Å²) in [4.78, 5) is 2.23. The first-order valence-corrected chi connectivity index (χ1v) is 8.76. The van der Waals surface area contributed by atoms with Crippen LogP contribution in [0, 0.1) is 0 Å². The summed E-state index contributed by atoms with van der Waals surface area (Å²) in [6.45, 7) is 3.41. The highest BCUT2D eigenvalue weighted by Crippen LogP contribution is 2.40. The van der Waals surface area contributed by atoms with Gasteiger partial charge in [0.05, 0.1) is 37.2 Å². The van der Waals surface area contributed by atoms with Crippen molar-refractivity contribution in [2.24, 2.45) is 0 Å². The number of sulfonamides is 1. The minimum Gasteiger partial charge on any atom is -0.390 e. The number of nitrogens with zero attached hydrogens (tertiary/aromatic N) is 2. The Labute approximate surface area is 114 Å². The Morgan fingerprint density at radius 1 is 1.26 bits per heavy atom. The van der Waals surface area contributed by atoms with Crippen LogP contribution >= 0.6 is 0 Å². The maximum absolute atomic E-state index is 11.9. The fourth-order valence-electron chi connectivity index (χ4n) is 3.71. The largest absolute Gasteiger partial charge is 0.390 e. The van der Waals surface area contributed by atoms with Crippen LogP contribution in [0.3, 0.4) is 0 Å². The minimum atomic E-state index is -3.24. The number of β-amino-alcohol motifs (C(OH)–C–C–N with tert-alkyl or cyclic N) is 1. The van der Waals surface area contributed by atoms with Crippen molar-refractivity contribution in [3.05, 3.63) is 0 Å². The number of aliphatic hydroxyl groups excluding tert-OH is 1. The highest BCUT2D eigenvalue weighted by Gasteiger charge is 2.53. The first-order valence-electron chi connectivity index (χ1n) is 6.91. The molecular formula is C12H22N2O4S. The summed E-state index contributed by atoms with van der Waals surface area (Å²) in [5.74, 6) is 0. The molecule has 0 amide bonds. The molecule has 2 atom stereocenters. The van der Waals surface area contributed by atoms with E-state index < -0.39 is 21.7 Å². The van der Waals surface area contributed by atoms with Crippen LogP contribution in [0.2, 0.25) is 0 Å². The average molecular weight is 290 g/mol. The van der Waals surface area contributed by atoms with Gasteiger partial charge in [0.15, 0.2) is 0 Å². The van der Waals surface area contributed by atoms with Crippen LogP contribution in [0.25, 0.3) is 0 Å². The van der Waals surface area contributed by atoms with Crippen LogP contribution in [0.1, 0.15) is 19.3 Å². The van der Waals surface area contributed by atoms with Crippen LogP contribution < -0.4 is 0 Å². The van der Waals surface area contributed by atoms with Gasteiger partial charge in [-0.15, -0.1) is 0 Å². The first kappa shape index (κ1) is 13.8. The quantitative estimate of drug-likeness (QED) is 0.724. The van der Waals surface area contributed by atoms with E-state index in [1.54, 1.807) is 4.31 Å². The molecular weight excluding hydrogens is 268 g/mol. The van der Waals surface area contributed by atoms with Gasteiger partial charge in [0.25, 0.3) is 0 Å². The molecule has 19 heavy (non-hydrogen) atoms. The monoisotopic (exact) mass is 290 g/mol. The third-order valence-electron chi connectivity index (χ3n) is 4.86. The van der Waals surface area contributed by atoms with Gasteiger partial charge in [-0.05, 0) is 19.3 Å². The maximum Gasteiger partial charge on any atom is 0.211 e. The van der Waals surface area contributed by atoms with E-state index in [1.165, 1.54) is 6.26 Å². The fourth-order valence-corrected chi connectivity index (χ4v) is 5.13. The summed E-state index contributed by atoms with van der Waals surface area (Å²) >= 11 is 0. The molecule has 1 spiro atoms. The van der Waals surface area contributed by atoms with E-state index in [2.05, 4.69) is 4.90 Å². The normalized spacial score (nSPS) is 38.7. The number of hydrogen-bond acceptors (Lipinski definition) is 5. The lowest BCUT2D eigenvalue weighted by Gasteiger charge is -2.50. The van der Waals surface area contributed by atoms with Crippen molar-refractivity contribution in [1.29, 1.82) is 0 Å². The smallest absolute Gasteiger partial charge is 0.211 e. The van der Waals surface area contributed by atoms with Gasteiger partial charge < -0.3 is 9.84 Å². The van der Waals surface area contributed by atoms with Crippen molar-refractivity contribution >= 4 is 10.0 Å². The zero-order valence-corrected chi connectivity index (χ0v) is 12.1. The highest BCUT2D eigenvalue weighted by molar-refractivity contribution is 7.88. The Balaban J connectivity index is 1.77. The second kappa shape index (κ2) is 4.66. The number of ether oxygens (including phenoxy) is 1. The molecule has 0 aromatic rings. The SMILES string of the molecule is CS(=O)(=O)N1CCC[C@@]12CCN(C1COC1)C[C@@H]2O. The van der Waals surface area contributed by atoms with E-state index in [0.29, 0.717) is 19.1 Å². The predicted octanol–water partition coefficient (Wildman–Crippen LogP) is -0.754. The molecule has 0 bridgehead atoms. The van der Waals surface area contributed by atoms with E-state index in [-0.39, 0.29) is 0 Å². The number of rotatable bonds is 2. The Morgan fingerprint density at radius 2 is 2.00 bits per heavy atom. The maximum atomic E-state index is 11.9. The van der Waals surface area contributed by atoms with E-state index in [1.807, 2.05) is 0 Å². The third-order valence-corrected chi connectivity index (χ3v) is 6.21. The van der Waals surface area contributed by atoms with Gasteiger partial charge in [0.1, 0.15) is 0 Å². The van der Waals surface area contributed by atoms with Crippen molar-refractivity contribution in [3.63, 3.8) is 0 Å². The number of likely N-dealkylation sites (tertiary alicyclic amines) is 1. The van der Waals surface area contributed by atoms with Crippen LogP contribution in [0.4, 0.5) is 0 Å². The van der Waals surface area contributed by atoms with Crippen molar-refractivity contribution < 1.29 is 18.3 Å². The van der Waals surface area contributed by atoms with Gasteiger partial charge in [-0.25, -0.2) is 8.42 Å². The van der Waals surface area contributed by atoms with Crippen LogP contribution in [-0.2, 0) is 14.8 Å². The molecule has 3 aliphatic rings. The second-order valence-electron chi connectivity index (χ2n) is 5.99. The summed E-state index contributed by atoms with van der Waals surface area (Å²) in [6, 6.07) is 0.403. The molecule has 0 saturated carbocycles. The molecule has 0 aliphatic carbocycles. The molecule has 110 valence electrons. The number of piperidine rings is 1. The summed E-state index contributed by atoms with van der Waals surface area (Å²) in [6.07, 6.45) is 2.99. The van der Waals surface area contributed by atoms with Gasteiger partial charge in [0, 0.05) is 19.6 Å². The molecule has 1 N–H and O–H groups in total. The van der Waals surface area contributed by atoms with Gasteiger partial charge in [-0.2, -0.15) is 4.31 Å². The highest BCUT2D eigenvalue weighted by atomic mass is 32.2. The third kappa shape index (κ3) is 2.21. The number of hydrogen-bond donors (Lipinski definition) is 1. The molecule has 6 nitrogen and oxygen atoms in total. The zero-order valence-electron chi connectivity index (χ0n) is 11.3. The Bertz CT molecular complexity index is 451. The molecule has 3 heterocycles. The lowest BCUT2D eigenvalue weighted by molar-refractivity contribution is -0.111. The Kier molecular flexibility index (Phi) is 3.38. The first-order chi connectivity index (χ1) is 8.93.